The molecule has 0 aromatic carbocycles. The van der Waals surface area contributed by atoms with Gasteiger partial charge in [-0.25, -0.2) is 9.37 Å². The smallest absolute Gasteiger partial charge is 0.219 e. The predicted molar refractivity (Wildman–Crippen MR) is 59.3 cm³/mol. The molecular weight excluding hydrogens is 280 g/mol. The fourth-order valence-corrected chi connectivity index (χ4v) is 2.30. The molecule has 1 aromatic heterocycles. The Hall–Kier alpha value is -0.550. The van der Waals surface area contributed by atoms with Gasteiger partial charge in [0.05, 0.1) is 6.61 Å². The van der Waals surface area contributed by atoms with E-state index >= 15 is 0 Å². The van der Waals surface area contributed by atoms with Crippen molar-refractivity contribution < 1.29 is 13.5 Å². The minimum Gasteiger partial charge on any atom is -0.381 e. The summed E-state index contributed by atoms with van der Waals surface area (Å²) in [5.41, 5.74) is -1.66. The zero-order chi connectivity index (χ0) is 11.8. The molecule has 0 bridgehead atoms. The van der Waals surface area contributed by atoms with Crippen LogP contribution in [0, 0.1) is 11.9 Å². The van der Waals surface area contributed by atoms with Gasteiger partial charge in [-0.2, -0.15) is 4.39 Å². The number of ether oxygens (including phenoxy) is 1. The highest BCUT2D eigenvalue weighted by atomic mass is 79.9. The molecule has 1 aliphatic rings. The second kappa shape index (κ2) is 4.37. The first-order chi connectivity index (χ1) is 7.54. The summed E-state index contributed by atoms with van der Waals surface area (Å²) in [6.07, 6.45) is 1.50. The quantitative estimate of drug-likeness (QED) is 0.742. The standard InChI is InChI=1S/C11H12BrF2NO/c1-7-6-16-3-2-11(7,14)9-4-8(12)5-15-10(9)13/h4-5,7H,2-3,6H2,1H3/t7-,11-/m0/s1. The third-order valence-electron chi connectivity index (χ3n) is 3.01. The van der Waals surface area contributed by atoms with Gasteiger partial charge in [-0.1, -0.05) is 6.92 Å². The predicted octanol–water partition coefficient (Wildman–Crippen LogP) is 3.20. The van der Waals surface area contributed by atoms with E-state index in [1.54, 1.807) is 6.92 Å². The summed E-state index contributed by atoms with van der Waals surface area (Å²) in [4.78, 5) is 3.54. The van der Waals surface area contributed by atoms with Crippen LogP contribution in [0.2, 0.25) is 0 Å². The number of hydrogen-bond donors (Lipinski definition) is 0. The third kappa shape index (κ3) is 1.98. The van der Waals surface area contributed by atoms with Crippen molar-refractivity contribution in [3.05, 3.63) is 28.2 Å². The second-order valence-corrected chi connectivity index (χ2v) is 5.00. The highest BCUT2D eigenvalue weighted by Crippen LogP contribution is 2.41. The maximum atomic E-state index is 14.8. The van der Waals surface area contributed by atoms with E-state index in [-0.39, 0.29) is 17.9 Å². The summed E-state index contributed by atoms with van der Waals surface area (Å²) in [5.74, 6) is -1.11. The number of nitrogens with zero attached hydrogens (tertiary/aromatic N) is 1. The maximum Gasteiger partial charge on any atom is 0.219 e. The zero-order valence-electron chi connectivity index (χ0n) is 8.84. The van der Waals surface area contributed by atoms with Gasteiger partial charge in [0.15, 0.2) is 0 Å². The van der Waals surface area contributed by atoms with E-state index in [1.807, 2.05) is 0 Å². The summed E-state index contributed by atoms with van der Waals surface area (Å²) in [7, 11) is 0. The van der Waals surface area contributed by atoms with Crippen molar-refractivity contribution in [1.82, 2.24) is 4.98 Å². The van der Waals surface area contributed by atoms with Gasteiger partial charge in [-0.05, 0) is 22.0 Å². The molecular formula is C11H12BrF2NO. The Morgan fingerprint density at radius 2 is 2.38 bits per heavy atom. The van der Waals surface area contributed by atoms with Crippen molar-refractivity contribution in [2.75, 3.05) is 13.2 Å². The van der Waals surface area contributed by atoms with Crippen LogP contribution in [0.3, 0.4) is 0 Å². The van der Waals surface area contributed by atoms with Gasteiger partial charge in [0.25, 0.3) is 0 Å². The van der Waals surface area contributed by atoms with Gasteiger partial charge in [-0.3, -0.25) is 0 Å². The summed E-state index contributed by atoms with van der Waals surface area (Å²) in [5, 5.41) is 0. The van der Waals surface area contributed by atoms with Crippen LogP contribution in [0.25, 0.3) is 0 Å². The van der Waals surface area contributed by atoms with Gasteiger partial charge in [0.2, 0.25) is 5.95 Å². The maximum absolute atomic E-state index is 14.8. The molecule has 16 heavy (non-hydrogen) atoms. The lowest BCUT2D eigenvalue weighted by Gasteiger charge is -2.35. The first kappa shape index (κ1) is 11.9. The van der Waals surface area contributed by atoms with Gasteiger partial charge >= 0.3 is 0 Å². The first-order valence-electron chi connectivity index (χ1n) is 5.12. The van der Waals surface area contributed by atoms with Crippen molar-refractivity contribution in [3.8, 4) is 0 Å². The molecule has 0 radical (unpaired) electrons. The van der Waals surface area contributed by atoms with Crippen LogP contribution >= 0.6 is 15.9 Å². The summed E-state index contributed by atoms with van der Waals surface area (Å²) in [6.45, 7) is 2.34. The lowest BCUT2D eigenvalue weighted by molar-refractivity contribution is -0.0606. The molecule has 0 unspecified atom stereocenters. The molecule has 0 spiro atoms. The number of pyridine rings is 1. The topological polar surface area (TPSA) is 22.1 Å². The number of alkyl halides is 1. The number of halogens is 3. The Morgan fingerprint density at radius 3 is 3.06 bits per heavy atom. The van der Waals surface area contributed by atoms with E-state index in [9.17, 15) is 8.78 Å². The molecule has 1 fully saturated rings. The molecule has 2 rings (SSSR count). The first-order valence-corrected chi connectivity index (χ1v) is 5.91. The third-order valence-corrected chi connectivity index (χ3v) is 3.45. The molecule has 0 N–H and O–H groups in total. The largest absolute Gasteiger partial charge is 0.381 e. The summed E-state index contributed by atoms with van der Waals surface area (Å²) >= 11 is 3.18. The van der Waals surface area contributed by atoms with Crippen LogP contribution < -0.4 is 0 Å². The van der Waals surface area contributed by atoms with Crippen molar-refractivity contribution in [2.24, 2.45) is 5.92 Å². The SMILES string of the molecule is C[C@H]1COCC[C@@]1(F)c1cc(Br)cnc1F. The van der Waals surface area contributed by atoms with Crippen LogP contribution in [0.5, 0.6) is 0 Å². The minimum atomic E-state index is -1.68. The Morgan fingerprint density at radius 1 is 1.62 bits per heavy atom. The molecule has 5 heteroatoms. The van der Waals surface area contributed by atoms with E-state index in [0.29, 0.717) is 17.7 Å². The van der Waals surface area contributed by atoms with Crippen LogP contribution in [0.15, 0.2) is 16.7 Å². The van der Waals surface area contributed by atoms with Crippen molar-refractivity contribution >= 4 is 15.9 Å². The lowest BCUT2D eigenvalue weighted by atomic mass is 9.81. The van der Waals surface area contributed by atoms with Crippen LogP contribution in [0.1, 0.15) is 18.9 Å². The average molecular weight is 292 g/mol. The molecule has 88 valence electrons. The van der Waals surface area contributed by atoms with E-state index in [1.165, 1.54) is 12.3 Å². The molecule has 1 saturated heterocycles. The van der Waals surface area contributed by atoms with Gasteiger partial charge in [0.1, 0.15) is 5.67 Å². The highest BCUT2D eigenvalue weighted by molar-refractivity contribution is 9.10. The Bertz CT molecular complexity index is 402. The number of aromatic nitrogens is 1. The van der Waals surface area contributed by atoms with E-state index < -0.39 is 11.6 Å². The van der Waals surface area contributed by atoms with E-state index in [2.05, 4.69) is 20.9 Å². The summed E-state index contributed by atoms with van der Waals surface area (Å²) < 4.78 is 34.1. The van der Waals surface area contributed by atoms with Gasteiger partial charge in [0, 0.05) is 35.2 Å². The van der Waals surface area contributed by atoms with Gasteiger partial charge < -0.3 is 4.74 Å². The van der Waals surface area contributed by atoms with E-state index in [4.69, 9.17) is 4.74 Å². The van der Waals surface area contributed by atoms with Crippen LogP contribution in [-0.4, -0.2) is 18.2 Å². The second-order valence-electron chi connectivity index (χ2n) is 4.08. The highest BCUT2D eigenvalue weighted by Gasteiger charge is 2.43. The van der Waals surface area contributed by atoms with Gasteiger partial charge in [-0.15, -0.1) is 0 Å². The molecule has 2 heterocycles. The monoisotopic (exact) mass is 291 g/mol. The normalized spacial score (nSPS) is 30.4. The minimum absolute atomic E-state index is 0.0256. The molecule has 2 nitrogen and oxygen atoms in total. The number of hydrogen-bond acceptors (Lipinski definition) is 2. The molecule has 1 aliphatic heterocycles. The number of rotatable bonds is 1. The van der Waals surface area contributed by atoms with Crippen LogP contribution in [-0.2, 0) is 10.4 Å². The zero-order valence-corrected chi connectivity index (χ0v) is 10.4. The Labute approximate surface area is 101 Å². The van der Waals surface area contributed by atoms with Crippen LogP contribution in [0.4, 0.5) is 8.78 Å². The Balaban J connectivity index is 2.44. The lowest BCUT2D eigenvalue weighted by Crippen LogP contribution is -2.38. The Kier molecular flexibility index (Phi) is 3.26. The fourth-order valence-electron chi connectivity index (χ4n) is 1.97. The van der Waals surface area contributed by atoms with Crippen molar-refractivity contribution in [1.29, 1.82) is 0 Å². The fraction of sp³-hybridized carbons (Fsp3) is 0.545. The molecule has 0 amide bonds. The summed E-state index contributed by atoms with van der Waals surface area (Å²) in [6, 6.07) is 1.46. The molecule has 2 atom stereocenters. The molecule has 1 aromatic rings. The molecule has 0 saturated carbocycles. The average Bonchev–Trinajstić information content (AvgIpc) is 2.26. The molecule has 0 aliphatic carbocycles. The van der Waals surface area contributed by atoms with Crippen molar-refractivity contribution in [3.63, 3.8) is 0 Å². The van der Waals surface area contributed by atoms with Crippen molar-refractivity contribution in [2.45, 2.75) is 19.0 Å². The van der Waals surface area contributed by atoms with E-state index in [0.717, 1.165) is 0 Å².